The third-order valence-corrected chi connectivity index (χ3v) is 6.79. The molecule has 37 heavy (non-hydrogen) atoms. The molecule has 0 aliphatic rings. The lowest BCUT2D eigenvalue weighted by atomic mass is 10.1. The number of benzene rings is 3. The standard InChI is InChI=1S/C27H25BrCl2N2O5/c1-16-17(2)23(12-11-21(16)28)32-26(34)15-36-27(35)5-3-4-25(33)31-19-7-9-20(10-8-19)37-24-13-6-18(29)14-22(24)30/h6-14H,3-5,15H2,1-2H3,(H,31,33)(H,32,34). The summed E-state index contributed by atoms with van der Waals surface area (Å²) in [7, 11) is 0. The van der Waals surface area contributed by atoms with E-state index in [1.807, 2.05) is 19.9 Å². The van der Waals surface area contributed by atoms with E-state index in [9.17, 15) is 14.4 Å². The van der Waals surface area contributed by atoms with E-state index in [1.165, 1.54) is 0 Å². The monoisotopic (exact) mass is 606 g/mol. The van der Waals surface area contributed by atoms with Crippen LogP contribution in [0.4, 0.5) is 11.4 Å². The van der Waals surface area contributed by atoms with E-state index in [0.717, 1.165) is 15.6 Å². The third-order valence-electron chi connectivity index (χ3n) is 5.40. The van der Waals surface area contributed by atoms with E-state index >= 15 is 0 Å². The van der Waals surface area contributed by atoms with E-state index in [2.05, 4.69) is 26.6 Å². The predicted octanol–water partition coefficient (Wildman–Crippen LogP) is 7.46. The van der Waals surface area contributed by atoms with Gasteiger partial charge in [0.2, 0.25) is 5.91 Å². The highest BCUT2D eigenvalue weighted by molar-refractivity contribution is 9.10. The lowest BCUT2D eigenvalue weighted by molar-refractivity contribution is -0.147. The van der Waals surface area contributed by atoms with Gasteiger partial charge in [-0.25, -0.2) is 0 Å². The first-order valence-corrected chi connectivity index (χ1v) is 12.9. The summed E-state index contributed by atoms with van der Waals surface area (Å²) in [5.74, 6) is -0.220. The lowest BCUT2D eigenvalue weighted by Gasteiger charge is -2.12. The molecule has 2 N–H and O–H groups in total. The summed E-state index contributed by atoms with van der Waals surface area (Å²) in [5.41, 5.74) is 3.18. The Morgan fingerprint density at radius 1 is 0.865 bits per heavy atom. The zero-order chi connectivity index (χ0) is 26.9. The Hall–Kier alpha value is -3.07. The van der Waals surface area contributed by atoms with Gasteiger partial charge in [0.05, 0.1) is 5.02 Å². The number of carbonyl (C=O) groups is 3. The van der Waals surface area contributed by atoms with E-state index in [1.54, 1.807) is 48.5 Å². The van der Waals surface area contributed by atoms with Gasteiger partial charge in [0.25, 0.3) is 5.91 Å². The molecule has 0 atom stereocenters. The molecule has 0 heterocycles. The summed E-state index contributed by atoms with van der Waals surface area (Å²) in [5, 5.41) is 6.39. The maximum absolute atomic E-state index is 12.2. The van der Waals surface area contributed by atoms with E-state index < -0.39 is 18.5 Å². The van der Waals surface area contributed by atoms with Gasteiger partial charge in [0, 0.05) is 33.7 Å². The quantitative estimate of drug-likeness (QED) is 0.233. The maximum Gasteiger partial charge on any atom is 0.306 e. The number of rotatable bonds is 10. The molecule has 0 radical (unpaired) electrons. The molecule has 3 aromatic rings. The van der Waals surface area contributed by atoms with Crippen molar-refractivity contribution in [3.05, 3.63) is 80.2 Å². The normalized spacial score (nSPS) is 10.5. The van der Waals surface area contributed by atoms with Crippen LogP contribution in [0.25, 0.3) is 0 Å². The van der Waals surface area contributed by atoms with Crippen LogP contribution in [0.15, 0.2) is 59.1 Å². The SMILES string of the molecule is Cc1c(Br)ccc(NC(=O)COC(=O)CCCC(=O)Nc2ccc(Oc3ccc(Cl)cc3Cl)cc2)c1C. The number of hydrogen-bond donors (Lipinski definition) is 2. The number of nitrogens with one attached hydrogen (secondary N) is 2. The van der Waals surface area contributed by atoms with Crippen LogP contribution in [0.1, 0.15) is 30.4 Å². The van der Waals surface area contributed by atoms with Crippen molar-refractivity contribution in [2.75, 3.05) is 17.2 Å². The van der Waals surface area contributed by atoms with Crippen molar-refractivity contribution < 1.29 is 23.9 Å². The smallest absolute Gasteiger partial charge is 0.306 e. The van der Waals surface area contributed by atoms with Gasteiger partial charge in [-0.05, 0) is 86.0 Å². The van der Waals surface area contributed by atoms with Crippen LogP contribution in [0.3, 0.4) is 0 Å². The summed E-state index contributed by atoms with van der Waals surface area (Å²) in [4.78, 5) is 36.3. The fourth-order valence-electron chi connectivity index (χ4n) is 3.24. The molecule has 3 aromatic carbocycles. The van der Waals surface area contributed by atoms with Gasteiger partial charge in [-0.3, -0.25) is 14.4 Å². The number of carbonyl (C=O) groups excluding carboxylic acids is 3. The highest BCUT2D eigenvalue weighted by Gasteiger charge is 2.12. The largest absolute Gasteiger partial charge is 0.456 e. The van der Waals surface area contributed by atoms with Crippen molar-refractivity contribution in [2.24, 2.45) is 0 Å². The van der Waals surface area contributed by atoms with Gasteiger partial charge < -0.3 is 20.1 Å². The predicted molar refractivity (Wildman–Crippen MR) is 149 cm³/mol. The van der Waals surface area contributed by atoms with Gasteiger partial charge in [-0.1, -0.05) is 39.1 Å². The molecule has 194 valence electrons. The van der Waals surface area contributed by atoms with Crippen LogP contribution in [0.2, 0.25) is 10.0 Å². The Bertz CT molecular complexity index is 1300. The Balaban J connectivity index is 1.36. The second-order valence-electron chi connectivity index (χ2n) is 8.16. The van der Waals surface area contributed by atoms with Gasteiger partial charge in [-0.2, -0.15) is 0 Å². The molecule has 2 amide bonds. The molecule has 3 rings (SSSR count). The molecule has 10 heteroatoms. The van der Waals surface area contributed by atoms with Gasteiger partial charge in [0.1, 0.15) is 11.5 Å². The summed E-state index contributed by atoms with van der Waals surface area (Å²) in [6.07, 6.45) is 0.427. The molecule has 0 bridgehead atoms. The second kappa shape index (κ2) is 13.5. The average molecular weight is 608 g/mol. The fraction of sp³-hybridized carbons (Fsp3) is 0.222. The molecule has 0 spiro atoms. The highest BCUT2D eigenvalue weighted by Crippen LogP contribution is 2.32. The molecule has 0 saturated carbocycles. The van der Waals surface area contributed by atoms with Gasteiger partial charge in [-0.15, -0.1) is 0 Å². The Labute approximate surface area is 233 Å². The number of hydrogen-bond acceptors (Lipinski definition) is 5. The molecule has 0 unspecified atom stereocenters. The molecule has 0 saturated heterocycles. The molecule has 0 fully saturated rings. The lowest BCUT2D eigenvalue weighted by Crippen LogP contribution is -2.21. The van der Waals surface area contributed by atoms with Crippen molar-refractivity contribution in [1.29, 1.82) is 0 Å². The molecule has 0 aromatic heterocycles. The number of esters is 1. The minimum absolute atomic E-state index is 0.0196. The Morgan fingerprint density at radius 3 is 2.30 bits per heavy atom. The number of ether oxygens (including phenoxy) is 2. The molecule has 0 aliphatic carbocycles. The van der Waals surface area contributed by atoms with Crippen molar-refractivity contribution in [1.82, 2.24) is 0 Å². The Morgan fingerprint density at radius 2 is 1.59 bits per heavy atom. The average Bonchev–Trinajstić information content (AvgIpc) is 2.86. The van der Waals surface area contributed by atoms with Crippen LogP contribution in [0.5, 0.6) is 11.5 Å². The number of anilines is 2. The van der Waals surface area contributed by atoms with E-state index in [0.29, 0.717) is 32.9 Å². The summed E-state index contributed by atoms with van der Waals surface area (Å²) in [6.45, 7) is 3.44. The van der Waals surface area contributed by atoms with Crippen LogP contribution in [-0.4, -0.2) is 24.4 Å². The molecular weight excluding hydrogens is 583 g/mol. The van der Waals surface area contributed by atoms with Gasteiger partial charge >= 0.3 is 5.97 Å². The van der Waals surface area contributed by atoms with E-state index in [4.69, 9.17) is 32.7 Å². The maximum atomic E-state index is 12.2. The molecule has 7 nitrogen and oxygen atoms in total. The van der Waals surface area contributed by atoms with Crippen LogP contribution in [0, 0.1) is 13.8 Å². The zero-order valence-electron chi connectivity index (χ0n) is 20.2. The summed E-state index contributed by atoms with van der Waals surface area (Å²) < 4.78 is 11.7. The first-order chi connectivity index (χ1) is 17.6. The van der Waals surface area contributed by atoms with Crippen LogP contribution >= 0.6 is 39.1 Å². The van der Waals surface area contributed by atoms with Crippen LogP contribution in [-0.2, 0) is 19.1 Å². The minimum Gasteiger partial charge on any atom is -0.456 e. The van der Waals surface area contributed by atoms with E-state index in [-0.39, 0.29) is 25.2 Å². The van der Waals surface area contributed by atoms with Crippen molar-refractivity contribution in [3.63, 3.8) is 0 Å². The van der Waals surface area contributed by atoms with Crippen LogP contribution < -0.4 is 15.4 Å². The summed E-state index contributed by atoms with van der Waals surface area (Å²) in [6, 6.07) is 15.3. The fourth-order valence-corrected chi connectivity index (χ4v) is 4.11. The topological polar surface area (TPSA) is 93.7 Å². The van der Waals surface area contributed by atoms with Gasteiger partial charge in [0.15, 0.2) is 6.61 Å². The molecule has 0 aliphatic heterocycles. The summed E-state index contributed by atoms with van der Waals surface area (Å²) >= 11 is 15.4. The first kappa shape index (κ1) is 28.5. The highest BCUT2D eigenvalue weighted by atomic mass is 79.9. The third kappa shape index (κ3) is 8.77. The van der Waals surface area contributed by atoms with Crippen molar-refractivity contribution in [2.45, 2.75) is 33.1 Å². The minimum atomic E-state index is -0.547. The number of halogens is 3. The first-order valence-electron chi connectivity index (χ1n) is 11.4. The molecular formula is C27H25BrCl2N2O5. The van der Waals surface area contributed by atoms with Crippen molar-refractivity contribution >= 4 is 68.3 Å². The zero-order valence-corrected chi connectivity index (χ0v) is 23.3. The number of amides is 2. The van der Waals surface area contributed by atoms with Crippen molar-refractivity contribution in [3.8, 4) is 11.5 Å². The Kier molecular flexibility index (Phi) is 10.4. The second-order valence-corrected chi connectivity index (χ2v) is 9.85.